The molecular formula is C10H9F3O3. The summed E-state index contributed by atoms with van der Waals surface area (Å²) in [6, 6.07) is 2.07. The highest BCUT2D eigenvalue weighted by atomic mass is 19.4. The molecule has 0 aliphatic carbocycles. The summed E-state index contributed by atoms with van der Waals surface area (Å²) in [6.45, 7) is 1.54. The Morgan fingerprint density at radius 1 is 1.44 bits per heavy atom. The maximum atomic E-state index is 12.3. The molecule has 0 saturated heterocycles. The second kappa shape index (κ2) is 4.42. The molecule has 16 heavy (non-hydrogen) atoms. The third-order valence-corrected chi connectivity index (χ3v) is 1.82. The van der Waals surface area contributed by atoms with Crippen LogP contribution in [0.15, 0.2) is 18.2 Å². The fourth-order valence-electron chi connectivity index (χ4n) is 1.08. The number of benzene rings is 1. The third kappa shape index (κ3) is 2.65. The fourth-order valence-corrected chi connectivity index (χ4v) is 1.08. The molecule has 0 atom stereocenters. The molecule has 0 radical (unpaired) electrons. The van der Waals surface area contributed by atoms with Crippen LogP contribution in [0.5, 0.6) is 5.75 Å². The second-order valence-electron chi connectivity index (χ2n) is 2.95. The normalized spacial score (nSPS) is 11.2. The van der Waals surface area contributed by atoms with Crippen molar-refractivity contribution in [3.63, 3.8) is 0 Å². The fraction of sp³-hybridized carbons (Fsp3) is 0.300. The van der Waals surface area contributed by atoms with Crippen LogP contribution in [0.1, 0.15) is 22.8 Å². The van der Waals surface area contributed by atoms with Crippen molar-refractivity contribution >= 4 is 5.97 Å². The Morgan fingerprint density at radius 2 is 2.06 bits per heavy atom. The lowest BCUT2D eigenvalue weighted by Gasteiger charge is -2.09. The molecule has 0 fully saturated rings. The molecule has 0 spiro atoms. The number of carbonyl (C=O) groups excluding carboxylic acids is 1. The van der Waals surface area contributed by atoms with E-state index in [0.717, 1.165) is 6.07 Å². The van der Waals surface area contributed by atoms with Crippen LogP contribution in [0.2, 0.25) is 0 Å². The van der Waals surface area contributed by atoms with Gasteiger partial charge in [-0.1, -0.05) is 0 Å². The summed E-state index contributed by atoms with van der Waals surface area (Å²) >= 11 is 0. The van der Waals surface area contributed by atoms with Gasteiger partial charge in [0.15, 0.2) is 0 Å². The van der Waals surface area contributed by atoms with Crippen LogP contribution in [-0.4, -0.2) is 17.7 Å². The predicted molar refractivity (Wildman–Crippen MR) is 49.1 cm³/mol. The molecule has 0 saturated carbocycles. The van der Waals surface area contributed by atoms with Crippen molar-refractivity contribution in [1.29, 1.82) is 0 Å². The SMILES string of the molecule is CCOC(=O)c1cc(C(F)(F)F)ccc1O. The van der Waals surface area contributed by atoms with E-state index >= 15 is 0 Å². The molecule has 0 unspecified atom stereocenters. The number of esters is 1. The third-order valence-electron chi connectivity index (χ3n) is 1.82. The van der Waals surface area contributed by atoms with Gasteiger partial charge in [0.05, 0.1) is 12.2 Å². The van der Waals surface area contributed by atoms with E-state index in [1.807, 2.05) is 0 Å². The van der Waals surface area contributed by atoms with Crippen LogP contribution in [-0.2, 0) is 10.9 Å². The van der Waals surface area contributed by atoms with Crippen LogP contribution in [0.3, 0.4) is 0 Å². The van der Waals surface area contributed by atoms with Gasteiger partial charge in [0.1, 0.15) is 11.3 Å². The summed E-state index contributed by atoms with van der Waals surface area (Å²) < 4.78 is 41.5. The number of phenolic OH excluding ortho intramolecular Hbond substituents is 1. The Balaban J connectivity index is 3.14. The first-order valence-corrected chi connectivity index (χ1v) is 4.43. The lowest BCUT2D eigenvalue weighted by molar-refractivity contribution is -0.137. The van der Waals surface area contributed by atoms with E-state index in [9.17, 15) is 23.1 Å². The van der Waals surface area contributed by atoms with Gasteiger partial charge < -0.3 is 9.84 Å². The highest BCUT2D eigenvalue weighted by Gasteiger charge is 2.32. The maximum Gasteiger partial charge on any atom is 0.416 e. The van der Waals surface area contributed by atoms with Gasteiger partial charge in [-0.05, 0) is 25.1 Å². The average molecular weight is 234 g/mol. The first-order chi connectivity index (χ1) is 7.36. The molecule has 1 rings (SSSR count). The Morgan fingerprint density at radius 3 is 2.56 bits per heavy atom. The first kappa shape index (κ1) is 12.4. The Hall–Kier alpha value is -1.72. The van der Waals surface area contributed by atoms with E-state index in [1.54, 1.807) is 0 Å². The number of ether oxygens (including phenoxy) is 1. The van der Waals surface area contributed by atoms with Gasteiger partial charge in [-0.2, -0.15) is 13.2 Å². The van der Waals surface area contributed by atoms with Gasteiger partial charge in [-0.25, -0.2) is 4.79 Å². The van der Waals surface area contributed by atoms with Crippen LogP contribution in [0, 0.1) is 0 Å². The van der Waals surface area contributed by atoms with E-state index in [0.29, 0.717) is 12.1 Å². The summed E-state index contributed by atoms with van der Waals surface area (Å²) in [5.74, 6) is -1.52. The topological polar surface area (TPSA) is 46.5 Å². The molecule has 1 N–H and O–H groups in total. The molecule has 88 valence electrons. The van der Waals surface area contributed by atoms with Gasteiger partial charge in [-0.15, -0.1) is 0 Å². The van der Waals surface area contributed by atoms with Gasteiger partial charge in [-0.3, -0.25) is 0 Å². The number of rotatable bonds is 2. The van der Waals surface area contributed by atoms with E-state index in [2.05, 4.69) is 4.74 Å². The van der Waals surface area contributed by atoms with Crippen LogP contribution in [0.4, 0.5) is 13.2 Å². The highest BCUT2D eigenvalue weighted by Crippen LogP contribution is 2.32. The monoisotopic (exact) mass is 234 g/mol. The Bertz CT molecular complexity index is 399. The minimum atomic E-state index is -4.56. The quantitative estimate of drug-likeness (QED) is 0.800. The molecule has 0 bridgehead atoms. The minimum Gasteiger partial charge on any atom is -0.507 e. The van der Waals surface area contributed by atoms with E-state index in [-0.39, 0.29) is 6.61 Å². The average Bonchev–Trinajstić information content (AvgIpc) is 2.16. The zero-order valence-corrected chi connectivity index (χ0v) is 8.34. The van der Waals surface area contributed by atoms with Crippen molar-refractivity contribution in [3.8, 4) is 5.75 Å². The zero-order valence-electron chi connectivity index (χ0n) is 8.34. The maximum absolute atomic E-state index is 12.3. The van der Waals surface area contributed by atoms with Gasteiger partial charge in [0.25, 0.3) is 0 Å². The van der Waals surface area contributed by atoms with Gasteiger partial charge >= 0.3 is 12.1 Å². The number of hydrogen-bond acceptors (Lipinski definition) is 3. The summed E-state index contributed by atoms with van der Waals surface area (Å²) in [4.78, 5) is 11.2. The number of phenols is 1. The van der Waals surface area contributed by atoms with Crippen molar-refractivity contribution in [2.24, 2.45) is 0 Å². The summed E-state index contributed by atoms with van der Waals surface area (Å²) in [5.41, 5.74) is -1.50. The van der Waals surface area contributed by atoms with Gasteiger partial charge in [0.2, 0.25) is 0 Å². The first-order valence-electron chi connectivity index (χ1n) is 4.43. The second-order valence-corrected chi connectivity index (χ2v) is 2.95. The largest absolute Gasteiger partial charge is 0.507 e. The van der Waals surface area contributed by atoms with Crippen LogP contribution in [0.25, 0.3) is 0 Å². The minimum absolute atomic E-state index is 0.0223. The summed E-state index contributed by atoms with van der Waals surface area (Å²) in [7, 11) is 0. The molecule has 1 aromatic rings. The number of alkyl halides is 3. The molecule has 0 amide bonds. The van der Waals surface area contributed by atoms with E-state index < -0.39 is 29.0 Å². The van der Waals surface area contributed by atoms with Crippen molar-refractivity contribution in [2.75, 3.05) is 6.61 Å². The lowest BCUT2D eigenvalue weighted by Crippen LogP contribution is -2.09. The smallest absolute Gasteiger partial charge is 0.416 e. The van der Waals surface area contributed by atoms with E-state index in [4.69, 9.17) is 0 Å². The molecule has 0 aliphatic heterocycles. The van der Waals surface area contributed by atoms with Gasteiger partial charge in [0, 0.05) is 0 Å². The molecule has 3 nitrogen and oxygen atoms in total. The van der Waals surface area contributed by atoms with E-state index in [1.165, 1.54) is 6.92 Å². The summed E-state index contributed by atoms with van der Waals surface area (Å²) in [6.07, 6.45) is -4.56. The predicted octanol–water partition coefficient (Wildman–Crippen LogP) is 2.59. The zero-order chi connectivity index (χ0) is 12.3. The molecule has 1 aromatic carbocycles. The number of halogens is 3. The molecule has 0 aromatic heterocycles. The number of carbonyl (C=O) groups is 1. The molecule has 0 heterocycles. The lowest BCUT2D eigenvalue weighted by atomic mass is 10.1. The number of aromatic hydroxyl groups is 1. The summed E-state index contributed by atoms with van der Waals surface area (Å²) in [5, 5.41) is 9.23. The molecular weight excluding hydrogens is 225 g/mol. The van der Waals surface area contributed by atoms with Crippen molar-refractivity contribution in [3.05, 3.63) is 29.3 Å². The molecule has 0 aliphatic rings. The van der Waals surface area contributed by atoms with Crippen molar-refractivity contribution in [2.45, 2.75) is 13.1 Å². The number of hydrogen-bond donors (Lipinski definition) is 1. The Kier molecular flexibility index (Phi) is 3.41. The van der Waals surface area contributed by atoms with Crippen LogP contribution < -0.4 is 0 Å². The Labute approximate surface area is 89.5 Å². The van der Waals surface area contributed by atoms with Crippen LogP contribution >= 0.6 is 0 Å². The highest BCUT2D eigenvalue weighted by molar-refractivity contribution is 5.92. The molecule has 6 heteroatoms. The standard InChI is InChI=1S/C10H9F3O3/c1-2-16-9(15)7-5-6(10(11,12)13)3-4-8(7)14/h3-5,14H,2H2,1H3. The van der Waals surface area contributed by atoms with Crippen molar-refractivity contribution in [1.82, 2.24) is 0 Å². The van der Waals surface area contributed by atoms with Crippen molar-refractivity contribution < 1.29 is 27.8 Å².